The Balaban J connectivity index is 3.40. The van der Waals surface area contributed by atoms with Crippen molar-refractivity contribution in [2.45, 2.75) is 56.2 Å². The molecule has 0 unspecified atom stereocenters. The van der Waals surface area contributed by atoms with Crippen LogP contribution in [0.4, 0.5) is 0 Å². The summed E-state index contributed by atoms with van der Waals surface area (Å²) in [6.07, 6.45) is 7.28. The Bertz CT molecular complexity index is 169. The quantitative estimate of drug-likeness (QED) is 0.351. The normalized spacial score (nSPS) is 11.7. The Morgan fingerprint density at radius 3 is 2.07 bits per heavy atom. The molecule has 0 aromatic carbocycles. The second-order valence-corrected chi connectivity index (χ2v) is 5.32. The van der Waals surface area contributed by atoms with Gasteiger partial charge >= 0.3 is 0 Å². The van der Waals surface area contributed by atoms with E-state index < -0.39 is 9.58 Å². The van der Waals surface area contributed by atoms with E-state index in [-0.39, 0.29) is 0 Å². The minimum absolute atomic E-state index is 0.449. The first-order chi connectivity index (χ1) is 6.50. The maximum absolute atomic E-state index is 10.7. The minimum atomic E-state index is -1.38. The highest BCUT2D eigenvalue weighted by molar-refractivity contribution is 6.78. The van der Waals surface area contributed by atoms with Crippen LogP contribution in [-0.4, -0.2) is 9.58 Å². The Morgan fingerprint density at radius 1 is 1.07 bits per heavy atom. The van der Waals surface area contributed by atoms with Crippen LogP contribution in [0.15, 0.2) is 0 Å². The molecule has 0 fully saturated rings. The van der Waals surface area contributed by atoms with Gasteiger partial charge in [0.05, 0.1) is 0 Å². The lowest BCUT2D eigenvalue weighted by atomic mass is 10.1. The Labute approximate surface area is 101 Å². The van der Waals surface area contributed by atoms with Gasteiger partial charge in [0.1, 0.15) is 0 Å². The van der Waals surface area contributed by atoms with Crippen molar-refractivity contribution >= 4 is 40.0 Å². The summed E-state index contributed by atoms with van der Waals surface area (Å²) in [5.41, 5.74) is 0. The average molecular weight is 260 g/mol. The van der Waals surface area contributed by atoms with Crippen molar-refractivity contribution in [2.75, 3.05) is 0 Å². The van der Waals surface area contributed by atoms with Crippen LogP contribution in [0.1, 0.15) is 51.9 Å². The van der Waals surface area contributed by atoms with Crippen LogP contribution in [-0.2, 0) is 4.79 Å². The molecule has 0 aliphatic rings. The number of rotatable bonds is 8. The number of halogens is 3. The molecule has 0 bridgehead atoms. The zero-order valence-electron chi connectivity index (χ0n) is 8.49. The molecule has 0 rings (SSSR count). The molecule has 0 amide bonds. The lowest BCUT2D eigenvalue weighted by molar-refractivity contribution is -0.112. The highest BCUT2D eigenvalue weighted by atomic mass is 35.5. The van der Waals surface area contributed by atoms with E-state index in [1.54, 1.807) is 0 Å². The zero-order valence-corrected chi connectivity index (χ0v) is 10.8. The SMILES string of the molecule is CCCCCCCCC(Cl)(Cl)C(=O)Cl. The van der Waals surface area contributed by atoms with Crippen molar-refractivity contribution < 1.29 is 4.79 Å². The van der Waals surface area contributed by atoms with E-state index in [9.17, 15) is 4.79 Å². The van der Waals surface area contributed by atoms with E-state index in [0.29, 0.717) is 6.42 Å². The van der Waals surface area contributed by atoms with E-state index in [0.717, 1.165) is 12.8 Å². The minimum Gasteiger partial charge on any atom is -0.278 e. The monoisotopic (exact) mass is 258 g/mol. The summed E-state index contributed by atoms with van der Waals surface area (Å²) in [6.45, 7) is 2.18. The van der Waals surface area contributed by atoms with Gasteiger partial charge in [-0.3, -0.25) is 4.79 Å². The lowest BCUT2D eigenvalue weighted by Crippen LogP contribution is -2.20. The Hall–Kier alpha value is 0.540. The largest absolute Gasteiger partial charge is 0.278 e. The molecule has 0 N–H and O–H groups in total. The molecule has 0 aliphatic carbocycles. The number of carbonyl (C=O) groups is 1. The zero-order chi connectivity index (χ0) is 11.0. The van der Waals surface area contributed by atoms with Crippen molar-refractivity contribution in [2.24, 2.45) is 0 Å². The highest BCUT2D eigenvalue weighted by Gasteiger charge is 2.30. The van der Waals surface area contributed by atoms with Crippen molar-refractivity contribution in [3.8, 4) is 0 Å². The molecule has 0 aromatic rings. The third kappa shape index (κ3) is 6.92. The molecule has 14 heavy (non-hydrogen) atoms. The van der Waals surface area contributed by atoms with Gasteiger partial charge in [-0.05, 0) is 24.4 Å². The molecular formula is C10H17Cl3O. The predicted molar refractivity (Wildman–Crippen MR) is 63.3 cm³/mol. The summed E-state index contributed by atoms with van der Waals surface area (Å²) >= 11 is 16.6. The molecule has 0 heterocycles. The summed E-state index contributed by atoms with van der Waals surface area (Å²) in [6, 6.07) is 0. The molecule has 0 atom stereocenters. The van der Waals surface area contributed by atoms with Gasteiger partial charge in [0.2, 0.25) is 0 Å². The number of unbranched alkanes of at least 4 members (excludes halogenated alkanes) is 5. The fourth-order valence-electron chi connectivity index (χ4n) is 1.23. The first-order valence-corrected chi connectivity index (χ1v) is 6.22. The van der Waals surface area contributed by atoms with Crippen molar-refractivity contribution in [1.29, 1.82) is 0 Å². The van der Waals surface area contributed by atoms with E-state index in [1.165, 1.54) is 25.7 Å². The number of hydrogen-bond donors (Lipinski definition) is 0. The second-order valence-electron chi connectivity index (χ2n) is 3.50. The predicted octanol–water partition coefficient (Wildman–Crippen LogP) is 4.68. The van der Waals surface area contributed by atoms with E-state index in [1.807, 2.05) is 0 Å². The summed E-state index contributed by atoms with van der Waals surface area (Å²) in [4.78, 5) is 10.7. The van der Waals surface area contributed by atoms with Crippen LogP contribution < -0.4 is 0 Å². The molecule has 0 spiro atoms. The van der Waals surface area contributed by atoms with E-state index >= 15 is 0 Å². The Morgan fingerprint density at radius 2 is 1.57 bits per heavy atom. The molecule has 0 saturated carbocycles. The van der Waals surface area contributed by atoms with Gasteiger partial charge in [-0.2, -0.15) is 0 Å². The van der Waals surface area contributed by atoms with Gasteiger partial charge in [-0.25, -0.2) is 0 Å². The van der Waals surface area contributed by atoms with E-state index in [2.05, 4.69) is 6.92 Å². The number of carbonyl (C=O) groups excluding carboxylic acids is 1. The third-order valence-electron chi connectivity index (χ3n) is 2.13. The third-order valence-corrected chi connectivity index (χ3v) is 3.37. The highest BCUT2D eigenvalue weighted by Crippen LogP contribution is 2.30. The maximum atomic E-state index is 10.7. The lowest BCUT2D eigenvalue weighted by Gasteiger charge is -2.13. The number of hydrogen-bond acceptors (Lipinski definition) is 1. The fourth-order valence-corrected chi connectivity index (χ4v) is 1.59. The second kappa shape index (κ2) is 7.78. The van der Waals surface area contributed by atoms with Crippen molar-refractivity contribution in [1.82, 2.24) is 0 Å². The number of alkyl halides is 2. The molecule has 0 aliphatic heterocycles. The van der Waals surface area contributed by atoms with Gasteiger partial charge in [0, 0.05) is 0 Å². The van der Waals surface area contributed by atoms with Crippen molar-refractivity contribution in [3.05, 3.63) is 0 Å². The summed E-state index contributed by atoms with van der Waals surface area (Å²) in [7, 11) is 0. The van der Waals surface area contributed by atoms with Crippen LogP contribution in [0, 0.1) is 0 Å². The molecular weight excluding hydrogens is 242 g/mol. The van der Waals surface area contributed by atoms with Crippen LogP contribution in [0.2, 0.25) is 0 Å². The van der Waals surface area contributed by atoms with Crippen LogP contribution in [0.25, 0.3) is 0 Å². The molecule has 84 valence electrons. The molecule has 0 aromatic heterocycles. The standard InChI is InChI=1S/C10H17Cl3O/c1-2-3-4-5-6-7-8-10(12,13)9(11)14/h2-8H2,1H3. The molecule has 0 saturated heterocycles. The van der Waals surface area contributed by atoms with Gasteiger partial charge in [-0.15, -0.1) is 0 Å². The van der Waals surface area contributed by atoms with Crippen LogP contribution in [0.3, 0.4) is 0 Å². The summed E-state index contributed by atoms with van der Waals surface area (Å²) in [5, 5.41) is -0.672. The van der Waals surface area contributed by atoms with Gasteiger partial charge < -0.3 is 0 Å². The van der Waals surface area contributed by atoms with E-state index in [4.69, 9.17) is 34.8 Å². The summed E-state index contributed by atoms with van der Waals surface area (Å²) in [5.74, 6) is 0. The first kappa shape index (κ1) is 14.5. The average Bonchev–Trinajstić information content (AvgIpc) is 2.10. The van der Waals surface area contributed by atoms with Gasteiger partial charge in [0.25, 0.3) is 5.24 Å². The smallest absolute Gasteiger partial charge is 0.257 e. The topological polar surface area (TPSA) is 17.1 Å². The molecule has 4 heteroatoms. The van der Waals surface area contributed by atoms with Gasteiger partial charge in [-0.1, -0.05) is 62.2 Å². The maximum Gasteiger partial charge on any atom is 0.257 e. The fraction of sp³-hybridized carbons (Fsp3) is 0.900. The van der Waals surface area contributed by atoms with Gasteiger partial charge in [0.15, 0.2) is 4.33 Å². The molecule has 1 nitrogen and oxygen atoms in total. The molecule has 0 radical (unpaired) electrons. The van der Waals surface area contributed by atoms with Crippen LogP contribution in [0.5, 0.6) is 0 Å². The first-order valence-electron chi connectivity index (χ1n) is 5.08. The Kier molecular flexibility index (Phi) is 8.08. The van der Waals surface area contributed by atoms with Crippen molar-refractivity contribution in [3.63, 3.8) is 0 Å². The van der Waals surface area contributed by atoms with Crippen LogP contribution >= 0.6 is 34.8 Å². The summed E-state index contributed by atoms with van der Waals surface area (Å²) < 4.78 is -1.38.